The van der Waals surface area contributed by atoms with Crippen LogP contribution in [0.15, 0.2) is 48.5 Å². The Morgan fingerprint density at radius 2 is 1.75 bits per heavy atom. The van der Waals surface area contributed by atoms with Crippen molar-refractivity contribution in [2.24, 2.45) is 0 Å². The first kappa shape index (κ1) is 21.3. The highest BCUT2D eigenvalue weighted by Gasteiger charge is 2.30. The number of ether oxygens (including phenoxy) is 1. The molecule has 150 valence electrons. The lowest BCUT2D eigenvalue weighted by molar-refractivity contribution is -0.139. The zero-order chi connectivity index (χ0) is 20.6. The van der Waals surface area contributed by atoms with Crippen LogP contribution in [-0.2, 0) is 28.7 Å². The number of nitrogens with one attached hydrogen (secondary N) is 1. The van der Waals surface area contributed by atoms with Gasteiger partial charge in [0.05, 0.1) is 5.56 Å². The first-order chi connectivity index (χ1) is 13.2. The van der Waals surface area contributed by atoms with Crippen LogP contribution in [0.5, 0.6) is 5.75 Å². The molecule has 0 spiro atoms. The van der Waals surface area contributed by atoms with E-state index in [2.05, 4.69) is 5.32 Å². The molecule has 0 heterocycles. The summed E-state index contributed by atoms with van der Waals surface area (Å²) in [4.78, 5) is 22.4. The molecule has 0 aliphatic heterocycles. The van der Waals surface area contributed by atoms with Crippen LogP contribution in [0.25, 0.3) is 0 Å². The van der Waals surface area contributed by atoms with E-state index in [-0.39, 0.29) is 18.9 Å². The third-order valence-electron chi connectivity index (χ3n) is 3.87. The van der Waals surface area contributed by atoms with Gasteiger partial charge in [-0.25, -0.2) is 4.79 Å². The van der Waals surface area contributed by atoms with E-state index in [0.29, 0.717) is 24.2 Å². The molecule has 5 nitrogen and oxygen atoms in total. The molecule has 0 aromatic heterocycles. The minimum Gasteiger partial charge on any atom is -0.482 e. The number of benzene rings is 2. The second kappa shape index (κ2) is 9.77. The highest BCUT2D eigenvalue weighted by Crippen LogP contribution is 2.29. The molecular weight excluding hydrogens is 375 g/mol. The zero-order valence-corrected chi connectivity index (χ0v) is 15.0. The fourth-order valence-corrected chi connectivity index (χ4v) is 2.54. The summed E-state index contributed by atoms with van der Waals surface area (Å²) in [6.07, 6.45) is -3.40. The van der Waals surface area contributed by atoms with E-state index < -0.39 is 24.3 Å². The van der Waals surface area contributed by atoms with Crippen molar-refractivity contribution in [2.75, 3.05) is 6.61 Å². The number of aliphatic carboxylic acids is 1. The number of rotatable bonds is 9. The predicted octanol–water partition coefficient (Wildman–Crippen LogP) is 3.81. The number of halogens is 3. The maximum absolute atomic E-state index is 12.7. The number of hydrogen-bond acceptors (Lipinski definition) is 3. The SMILES string of the molecule is O=C(O)COc1cccc(CNC(=O)CCCc2cccc(C(F)(F)F)c2)c1. The molecule has 0 saturated carbocycles. The van der Waals surface area contributed by atoms with Gasteiger partial charge in [0.1, 0.15) is 5.75 Å². The molecule has 2 N–H and O–H groups in total. The van der Waals surface area contributed by atoms with Crippen LogP contribution < -0.4 is 10.1 Å². The number of aryl methyl sites for hydroxylation is 1. The summed E-state index contributed by atoms with van der Waals surface area (Å²) in [5.41, 5.74) is 0.583. The van der Waals surface area contributed by atoms with Crippen molar-refractivity contribution in [1.29, 1.82) is 0 Å². The summed E-state index contributed by atoms with van der Waals surface area (Å²) in [6.45, 7) is -0.210. The lowest BCUT2D eigenvalue weighted by Gasteiger charge is -2.09. The fraction of sp³-hybridized carbons (Fsp3) is 0.300. The average molecular weight is 395 g/mol. The van der Waals surface area contributed by atoms with Crippen LogP contribution in [-0.4, -0.2) is 23.6 Å². The third-order valence-corrected chi connectivity index (χ3v) is 3.87. The summed E-state index contributed by atoms with van der Waals surface area (Å²) in [5.74, 6) is -0.915. The first-order valence-corrected chi connectivity index (χ1v) is 8.60. The molecule has 0 aliphatic carbocycles. The molecule has 0 radical (unpaired) electrons. The average Bonchev–Trinajstić information content (AvgIpc) is 2.65. The van der Waals surface area contributed by atoms with Crippen molar-refractivity contribution < 1.29 is 32.6 Å². The summed E-state index contributed by atoms with van der Waals surface area (Å²) in [5, 5.41) is 11.3. The van der Waals surface area contributed by atoms with Crippen molar-refractivity contribution in [3.05, 3.63) is 65.2 Å². The lowest BCUT2D eigenvalue weighted by Crippen LogP contribution is -2.22. The van der Waals surface area contributed by atoms with Crippen LogP contribution in [0.3, 0.4) is 0 Å². The minimum atomic E-state index is -4.38. The molecule has 1 amide bonds. The maximum atomic E-state index is 12.7. The second-order valence-corrected chi connectivity index (χ2v) is 6.16. The van der Waals surface area contributed by atoms with Gasteiger partial charge in [-0.15, -0.1) is 0 Å². The lowest BCUT2D eigenvalue weighted by atomic mass is 10.0. The van der Waals surface area contributed by atoms with Crippen LogP contribution in [0.2, 0.25) is 0 Å². The van der Waals surface area contributed by atoms with Gasteiger partial charge in [-0.1, -0.05) is 30.3 Å². The Labute approximate surface area is 160 Å². The molecule has 0 unspecified atom stereocenters. The number of alkyl halides is 3. The molecule has 2 aromatic carbocycles. The highest BCUT2D eigenvalue weighted by atomic mass is 19.4. The Kier molecular flexibility index (Phi) is 7.43. The van der Waals surface area contributed by atoms with Gasteiger partial charge in [0.2, 0.25) is 5.91 Å². The molecule has 8 heteroatoms. The third kappa shape index (κ3) is 7.30. The largest absolute Gasteiger partial charge is 0.482 e. The van der Waals surface area contributed by atoms with E-state index in [4.69, 9.17) is 9.84 Å². The van der Waals surface area contributed by atoms with Crippen LogP contribution in [0.4, 0.5) is 13.2 Å². The van der Waals surface area contributed by atoms with E-state index in [0.717, 1.165) is 17.7 Å². The Morgan fingerprint density at radius 3 is 2.46 bits per heavy atom. The molecule has 0 aliphatic rings. The van der Waals surface area contributed by atoms with Crippen LogP contribution in [0.1, 0.15) is 29.5 Å². The van der Waals surface area contributed by atoms with Gasteiger partial charge in [-0.3, -0.25) is 4.79 Å². The normalized spacial score (nSPS) is 11.1. The Morgan fingerprint density at radius 1 is 1.04 bits per heavy atom. The summed E-state index contributed by atoms with van der Waals surface area (Å²) >= 11 is 0. The molecule has 0 saturated heterocycles. The number of hydrogen-bond donors (Lipinski definition) is 2. The fourth-order valence-electron chi connectivity index (χ4n) is 2.54. The van der Waals surface area contributed by atoms with Gasteiger partial charge < -0.3 is 15.2 Å². The topological polar surface area (TPSA) is 75.6 Å². The Bertz CT molecular complexity index is 821. The van der Waals surface area contributed by atoms with Gasteiger partial charge in [-0.2, -0.15) is 13.2 Å². The van der Waals surface area contributed by atoms with Crippen molar-refractivity contribution >= 4 is 11.9 Å². The molecule has 0 atom stereocenters. The number of carbonyl (C=O) groups is 2. The molecule has 0 bridgehead atoms. The minimum absolute atomic E-state index is 0.186. The van der Waals surface area contributed by atoms with Crippen molar-refractivity contribution in [2.45, 2.75) is 32.0 Å². The number of carbonyl (C=O) groups excluding carboxylic acids is 1. The van der Waals surface area contributed by atoms with Crippen LogP contribution in [0, 0.1) is 0 Å². The van der Waals surface area contributed by atoms with Crippen molar-refractivity contribution in [1.82, 2.24) is 5.32 Å². The van der Waals surface area contributed by atoms with E-state index >= 15 is 0 Å². The summed E-state index contributed by atoms with van der Waals surface area (Å²) in [7, 11) is 0. The molecular formula is C20H20F3NO4. The van der Waals surface area contributed by atoms with Gasteiger partial charge in [-0.05, 0) is 42.2 Å². The quantitative estimate of drug-likeness (QED) is 0.677. The highest BCUT2D eigenvalue weighted by molar-refractivity contribution is 5.75. The smallest absolute Gasteiger partial charge is 0.416 e. The van der Waals surface area contributed by atoms with Gasteiger partial charge in [0, 0.05) is 13.0 Å². The molecule has 2 rings (SSSR count). The second-order valence-electron chi connectivity index (χ2n) is 6.16. The maximum Gasteiger partial charge on any atom is 0.416 e. The van der Waals surface area contributed by atoms with Gasteiger partial charge in [0.25, 0.3) is 0 Å². The summed E-state index contributed by atoms with van der Waals surface area (Å²) < 4.78 is 43.2. The summed E-state index contributed by atoms with van der Waals surface area (Å²) in [6, 6.07) is 11.8. The molecule has 28 heavy (non-hydrogen) atoms. The van der Waals surface area contributed by atoms with E-state index in [1.807, 2.05) is 0 Å². The molecule has 0 fully saturated rings. The number of carboxylic acids is 1. The van der Waals surface area contributed by atoms with Crippen molar-refractivity contribution in [3.63, 3.8) is 0 Å². The van der Waals surface area contributed by atoms with Gasteiger partial charge >= 0.3 is 12.1 Å². The van der Waals surface area contributed by atoms with E-state index in [1.165, 1.54) is 6.07 Å². The predicted molar refractivity (Wildman–Crippen MR) is 95.8 cm³/mol. The van der Waals surface area contributed by atoms with Crippen LogP contribution >= 0.6 is 0 Å². The van der Waals surface area contributed by atoms with Crippen molar-refractivity contribution in [3.8, 4) is 5.75 Å². The van der Waals surface area contributed by atoms with E-state index in [1.54, 1.807) is 30.3 Å². The molecule has 2 aromatic rings. The number of carboxylic acid groups (broad SMARTS) is 1. The Balaban J connectivity index is 1.76. The zero-order valence-electron chi connectivity index (χ0n) is 15.0. The number of amides is 1. The standard InChI is InChI=1S/C20H20F3NO4/c21-20(22,23)16-7-1-4-14(10-16)5-3-9-18(25)24-12-15-6-2-8-17(11-15)28-13-19(26)27/h1-2,4,6-8,10-11H,3,5,9,12-13H2,(H,24,25)(H,26,27). The Hall–Kier alpha value is -3.03. The first-order valence-electron chi connectivity index (χ1n) is 8.60. The van der Waals surface area contributed by atoms with Gasteiger partial charge in [0.15, 0.2) is 6.61 Å². The monoisotopic (exact) mass is 395 g/mol. The van der Waals surface area contributed by atoms with E-state index in [9.17, 15) is 22.8 Å².